The summed E-state index contributed by atoms with van der Waals surface area (Å²) >= 11 is 3.44. The molecule has 1 aromatic heterocycles. The Kier molecular flexibility index (Phi) is 2.51. The summed E-state index contributed by atoms with van der Waals surface area (Å²) in [6.45, 7) is 1.58. The molecule has 0 saturated carbocycles. The van der Waals surface area contributed by atoms with Crippen LogP contribution in [0.25, 0.3) is 0 Å². The van der Waals surface area contributed by atoms with Crippen molar-refractivity contribution in [3.8, 4) is 0 Å². The van der Waals surface area contributed by atoms with Crippen LogP contribution in [0.4, 0.5) is 5.82 Å². The maximum atomic E-state index is 9.37. The van der Waals surface area contributed by atoms with E-state index >= 15 is 0 Å². The van der Waals surface area contributed by atoms with E-state index in [9.17, 15) is 5.11 Å². The molecule has 70 valence electrons. The molecule has 0 bridgehead atoms. The van der Waals surface area contributed by atoms with Crippen LogP contribution in [0.5, 0.6) is 0 Å². The van der Waals surface area contributed by atoms with Crippen LogP contribution >= 0.6 is 15.9 Å². The lowest BCUT2D eigenvalue weighted by atomic mass is 10.3. The first-order valence-corrected chi connectivity index (χ1v) is 5.10. The molecule has 4 heteroatoms. The van der Waals surface area contributed by atoms with Crippen LogP contribution < -0.4 is 4.90 Å². The zero-order chi connectivity index (χ0) is 9.26. The zero-order valence-electron chi connectivity index (χ0n) is 7.15. The van der Waals surface area contributed by atoms with Gasteiger partial charge in [0.25, 0.3) is 0 Å². The van der Waals surface area contributed by atoms with E-state index in [2.05, 4.69) is 25.8 Å². The summed E-state index contributed by atoms with van der Waals surface area (Å²) in [4.78, 5) is 6.35. The van der Waals surface area contributed by atoms with Crippen LogP contribution in [-0.4, -0.2) is 29.3 Å². The highest BCUT2D eigenvalue weighted by atomic mass is 79.9. The quantitative estimate of drug-likeness (QED) is 0.810. The van der Waals surface area contributed by atoms with Crippen molar-refractivity contribution >= 4 is 21.7 Å². The van der Waals surface area contributed by atoms with Gasteiger partial charge in [-0.05, 0) is 34.5 Å². The first-order chi connectivity index (χ1) is 6.27. The molecule has 1 aromatic rings. The van der Waals surface area contributed by atoms with Gasteiger partial charge in [-0.1, -0.05) is 0 Å². The Hall–Kier alpha value is -0.610. The molecular formula is C9H11BrN2O. The number of pyridine rings is 1. The molecule has 1 saturated heterocycles. The third-order valence-electron chi connectivity index (χ3n) is 2.20. The van der Waals surface area contributed by atoms with Gasteiger partial charge in [-0.25, -0.2) is 4.98 Å². The molecule has 1 aliphatic heterocycles. The molecule has 0 radical (unpaired) electrons. The number of aliphatic hydroxyl groups excluding tert-OH is 1. The van der Waals surface area contributed by atoms with Crippen molar-refractivity contribution in [1.82, 2.24) is 4.98 Å². The molecule has 0 unspecified atom stereocenters. The van der Waals surface area contributed by atoms with Crippen LogP contribution in [0.1, 0.15) is 6.42 Å². The van der Waals surface area contributed by atoms with Gasteiger partial charge in [0.15, 0.2) is 0 Å². The number of rotatable bonds is 1. The lowest BCUT2D eigenvalue weighted by Crippen LogP contribution is -2.22. The van der Waals surface area contributed by atoms with Gasteiger partial charge in [-0.15, -0.1) is 0 Å². The number of β-amino-alcohol motifs (C(OH)–C–C–N with tert-alkyl or cyclic N) is 1. The summed E-state index contributed by atoms with van der Waals surface area (Å²) < 4.78 is 0.990. The van der Waals surface area contributed by atoms with Gasteiger partial charge in [0.2, 0.25) is 0 Å². The van der Waals surface area contributed by atoms with Crippen molar-refractivity contribution in [3.63, 3.8) is 0 Å². The fourth-order valence-corrected chi connectivity index (χ4v) is 2.05. The lowest BCUT2D eigenvalue weighted by molar-refractivity contribution is 0.198. The largest absolute Gasteiger partial charge is 0.391 e. The number of halogens is 1. The second-order valence-electron chi connectivity index (χ2n) is 3.20. The van der Waals surface area contributed by atoms with Crippen LogP contribution in [0.2, 0.25) is 0 Å². The smallest absolute Gasteiger partial charge is 0.142 e. The van der Waals surface area contributed by atoms with Gasteiger partial charge >= 0.3 is 0 Å². The fraction of sp³-hybridized carbons (Fsp3) is 0.444. The molecule has 0 spiro atoms. The van der Waals surface area contributed by atoms with Gasteiger partial charge in [-0.2, -0.15) is 0 Å². The number of hydrogen-bond donors (Lipinski definition) is 1. The fourth-order valence-electron chi connectivity index (χ4n) is 1.54. The van der Waals surface area contributed by atoms with Gasteiger partial charge in [0.05, 0.1) is 10.6 Å². The highest BCUT2D eigenvalue weighted by molar-refractivity contribution is 9.10. The molecule has 0 aliphatic carbocycles. The molecule has 0 aromatic carbocycles. The number of anilines is 1. The number of nitrogens with zero attached hydrogens (tertiary/aromatic N) is 2. The normalized spacial score (nSPS) is 22.3. The van der Waals surface area contributed by atoms with E-state index in [1.165, 1.54) is 0 Å². The maximum absolute atomic E-state index is 9.37. The maximum Gasteiger partial charge on any atom is 0.142 e. The van der Waals surface area contributed by atoms with Crippen LogP contribution in [0.15, 0.2) is 22.8 Å². The average molecular weight is 243 g/mol. The summed E-state index contributed by atoms with van der Waals surface area (Å²) in [6, 6.07) is 3.85. The predicted octanol–water partition coefficient (Wildman–Crippen LogP) is 1.42. The van der Waals surface area contributed by atoms with Crippen LogP contribution in [0.3, 0.4) is 0 Å². The van der Waals surface area contributed by atoms with E-state index in [0.29, 0.717) is 6.54 Å². The monoisotopic (exact) mass is 242 g/mol. The predicted molar refractivity (Wildman–Crippen MR) is 54.8 cm³/mol. The minimum atomic E-state index is -0.200. The first-order valence-electron chi connectivity index (χ1n) is 4.31. The van der Waals surface area contributed by atoms with E-state index in [4.69, 9.17) is 0 Å². The standard InChI is InChI=1S/C9H11BrN2O/c10-8-2-1-4-11-9(8)12-5-3-7(13)6-12/h1-2,4,7,13H,3,5-6H2/t7-/m0/s1. The van der Waals surface area contributed by atoms with E-state index in [1.807, 2.05) is 12.1 Å². The molecule has 2 heterocycles. The first kappa shape index (κ1) is 8.97. The number of aliphatic hydroxyl groups is 1. The summed E-state index contributed by atoms with van der Waals surface area (Å²) in [5, 5.41) is 9.37. The summed E-state index contributed by atoms with van der Waals surface area (Å²) in [5.74, 6) is 0.930. The van der Waals surface area contributed by atoms with Crippen molar-refractivity contribution in [2.75, 3.05) is 18.0 Å². The van der Waals surface area contributed by atoms with Crippen molar-refractivity contribution < 1.29 is 5.11 Å². The second kappa shape index (κ2) is 3.64. The average Bonchev–Trinajstić information content (AvgIpc) is 2.53. The van der Waals surface area contributed by atoms with Gasteiger partial charge in [0.1, 0.15) is 5.82 Å². The number of hydrogen-bond acceptors (Lipinski definition) is 3. The van der Waals surface area contributed by atoms with E-state index in [1.54, 1.807) is 6.20 Å². The van der Waals surface area contributed by atoms with Crippen molar-refractivity contribution in [2.45, 2.75) is 12.5 Å². The molecule has 3 nitrogen and oxygen atoms in total. The third-order valence-corrected chi connectivity index (χ3v) is 2.82. The minimum Gasteiger partial charge on any atom is -0.391 e. The van der Waals surface area contributed by atoms with Crippen LogP contribution in [0, 0.1) is 0 Å². The molecule has 0 amide bonds. The summed E-state index contributed by atoms with van der Waals surface area (Å²) in [6.07, 6.45) is 2.40. The topological polar surface area (TPSA) is 36.4 Å². The highest BCUT2D eigenvalue weighted by Crippen LogP contribution is 2.25. The van der Waals surface area contributed by atoms with Crippen molar-refractivity contribution in [2.24, 2.45) is 0 Å². The molecule has 1 aliphatic rings. The molecule has 1 atom stereocenters. The highest BCUT2D eigenvalue weighted by Gasteiger charge is 2.22. The Morgan fingerprint density at radius 2 is 2.46 bits per heavy atom. The molecular weight excluding hydrogens is 232 g/mol. The van der Waals surface area contributed by atoms with E-state index < -0.39 is 0 Å². The van der Waals surface area contributed by atoms with Crippen molar-refractivity contribution in [1.29, 1.82) is 0 Å². The third kappa shape index (κ3) is 1.84. The summed E-state index contributed by atoms with van der Waals surface area (Å²) in [5.41, 5.74) is 0. The molecule has 1 N–H and O–H groups in total. The Bertz CT molecular complexity index is 305. The Balaban J connectivity index is 2.21. The lowest BCUT2D eigenvalue weighted by Gasteiger charge is -2.17. The Morgan fingerprint density at radius 1 is 1.62 bits per heavy atom. The Morgan fingerprint density at radius 3 is 3.08 bits per heavy atom. The summed E-state index contributed by atoms with van der Waals surface area (Å²) in [7, 11) is 0. The zero-order valence-corrected chi connectivity index (χ0v) is 8.74. The van der Waals surface area contributed by atoms with Crippen molar-refractivity contribution in [3.05, 3.63) is 22.8 Å². The SMILES string of the molecule is O[C@H]1CCN(c2ncccc2Br)C1. The van der Waals surface area contributed by atoms with E-state index in [0.717, 1.165) is 23.3 Å². The second-order valence-corrected chi connectivity index (χ2v) is 4.05. The number of aromatic nitrogens is 1. The Labute approximate surface area is 85.5 Å². The molecule has 2 rings (SSSR count). The van der Waals surface area contributed by atoms with E-state index in [-0.39, 0.29) is 6.10 Å². The molecule has 1 fully saturated rings. The van der Waals surface area contributed by atoms with Gasteiger partial charge < -0.3 is 10.0 Å². The van der Waals surface area contributed by atoms with Gasteiger partial charge in [-0.3, -0.25) is 0 Å². The minimum absolute atomic E-state index is 0.200. The molecule has 13 heavy (non-hydrogen) atoms. The van der Waals surface area contributed by atoms with Crippen LogP contribution in [-0.2, 0) is 0 Å². The van der Waals surface area contributed by atoms with Gasteiger partial charge in [0, 0.05) is 19.3 Å².